The first-order valence-electron chi connectivity index (χ1n) is 10.7. The number of likely N-dealkylation sites (N-methyl/N-ethyl adjacent to an activating group) is 1. The number of hydrogen-bond donors (Lipinski definition) is 2. The number of benzene rings is 1. The van der Waals surface area contributed by atoms with Gasteiger partial charge in [0.2, 0.25) is 0 Å². The van der Waals surface area contributed by atoms with E-state index in [0.717, 1.165) is 50.1 Å². The summed E-state index contributed by atoms with van der Waals surface area (Å²) in [5.41, 5.74) is 1.16. The van der Waals surface area contributed by atoms with Gasteiger partial charge in [-0.25, -0.2) is 0 Å². The van der Waals surface area contributed by atoms with Gasteiger partial charge in [-0.3, -0.25) is 9.89 Å². The lowest BCUT2D eigenvalue weighted by Gasteiger charge is -2.34. The first-order valence-corrected chi connectivity index (χ1v) is 11.6. The summed E-state index contributed by atoms with van der Waals surface area (Å²) < 4.78 is 11.1. The predicted molar refractivity (Wildman–Crippen MR) is 128 cm³/mol. The molecule has 1 aromatic heterocycles. The molecule has 0 bridgehead atoms. The van der Waals surface area contributed by atoms with Crippen LogP contribution in [-0.4, -0.2) is 83.4 Å². The van der Waals surface area contributed by atoms with Gasteiger partial charge in [-0.15, -0.1) is 11.3 Å². The molecule has 7 nitrogen and oxygen atoms in total. The van der Waals surface area contributed by atoms with Crippen LogP contribution in [0.2, 0.25) is 0 Å². The Morgan fingerprint density at radius 1 is 1.16 bits per heavy atom. The maximum Gasteiger partial charge on any atom is 0.191 e. The number of para-hydroxylation sites is 1. The Labute approximate surface area is 190 Å². The number of ether oxygens (including phenoxy) is 2. The number of nitrogens with zero attached hydrogens (tertiary/aromatic N) is 3. The minimum Gasteiger partial charge on any atom is -0.496 e. The largest absolute Gasteiger partial charge is 0.496 e. The first-order chi connectivity index (χ1) is 15.1. The van der Waals surface area contributed by atoms with Gasteiger partial charge in [-0.2, -0.15) is 0 Å². The van der Waals surface area contributed by atoms with E-state index in [4.69, 9.17) is 9.47 Å². The highest BCUT2D eigenvalue weighted by Gasteiger charge is 2.24. The summed E-state index contributed by atoms with van der Waals surface area (Å²) in [6.45, 7) is 4.99. The van der Waals surface area contributed by atoms with Crippen molar-refractivity contribution in [2.24, 2.45) is 4.99 Å². The van der Waals surface area contributed by atoms with Crippen LogP contribution in [-0.2, 0) is 4.74 Å². The summed E-state index contributed by atoms with van der Waals surface area (Å²) in [5.74, 6) is 1.70. The van der Waals surface area contributed by atoms with Crippen LogP contribution in [0.4, 0.5) is 0 Å². The predicted octanol–water partition coefficient (Wildman–Crippen LogP) is 2.60. The molecule has 8 heteroatoms. The van der Waals surface area contributed by atoms with Gasteiger partial charge in [0, 0.05) is 43.7 Å². The minimum atomic E-state index is 0.155. The number of nitrogens with one attached hydrogen (secondary N) is 2. The molecule has 1 aromatic carbocycles. The summed E-state index contributed by atoms with van der Waals surface area (Å²) in [4.78, 5) is 10.5. The maximum atomic E-state index is 5.58. The zero-order valence-corrected chi connectivity index (χ0v) is 19.8. The molecular formula is C23H35N5O2S. The van der Waals surface area contributed by atoms with Crippen molar-refractivity contribution in [1.82, 2.24) is 20.4 Å². The van der Waals surface area contributed by atoms with E-state index in [9.17, 15) is 0 Å². The molecule has 0 radical (unpaired) electrons. The number of aliphatic imine (C=N–C) groups is 1. The van der Waals surface area contributed by atoms with Crippen molar-refractivity contribution in [3.05, 3.63) is 52.2 Å². The van der Waals surface area contributed by atoms with E-state index in [2.05, 4.69) is 69.2 Å². The van der Waals surface area contributed by atoms with E-state index in [1.165, 1.54) is 4.88 Å². The Hall–Kier alpha value is -2.13. The zero-order chi connectivity index (χ0) is 22.1. The van der Waals surface area contributed by atoms with E-state index < -0.39 is 0 Å². The maximum absolute atomic E-state index is 5.58. The molecule has 0 amide bonds. The fourth-order valence-corrected chi connectivity index (χ4v) is 4.76. The van der Waals surface area contributed by atoms with Gasteiger partial charge in [-0.1, -0.05) is 24.3 Å². The van der Waals surface area contributed by atoms with Crippen LogP contribution in [0, 0.1) is 0 Å². The van der Waals surface area contributed by atoms with Crippen LogP contribution in [0.1, 0.15) is 22.5 Å². The first kappa shape index (κ1) is 23.5. The molecular weight excluding hydrogens is 410 g/mol. The highest BCUT2D eigenvalue weighted by molar-refractivity contribution is 7.10. The van der Waals surface area contributed by atoms with E-state index in [1.54, 1.807) is 18.4 Å². The van der Waals surface area contributed by atoms with Crippen molar-refractivity contribution < 1.29 is 9.47 Å². The van der Waals surface area contributed by atoms with Crippen molar-refractivity contribution in [1.29, 1.82) is 0 Å². The Morgan fingerprint density at radius 2 is 1.90 bits per heavy atom. The van der Waals surface area contributed by atoms with Crippen LogP contribution in [0.15, 0.2) is 46.8 Å². The molecule has 0 saturated carbocycles. The van der Waals surface area contributed by atoms with Gasteiger partial charge < -0.3 is 25.0 Å². The van der Waals surface area contributed by atoms with Gasteiger partial charge >= 0.3 is 0 Å². The van der Waals surface area contributed by atoms with Crippen LogP contribution in [0.5, 0.6) is 5.75 Å². The van der Waals surface area contributed by atoms with Crippen LogP contribution in [0.25, 0.3) is 0 Å². The van der Waals surface area contributed by atoms with Gasteiger partial charge in [0.1, 0.15) is 5.75 Å². The molecule has 3 rings (SSSR count). The highest BCUT2D eigenvalue weighted by Crippen LogP contribution is 2.28. The zero-order valence-electron chi connectivity index (χ0n) is 19.0. The van der Waals surface area contributed by atoms with Gasteiger partial charge in [-0.05, 0) is 31.6 Å². The summed E-state index contributed by atoms with van der Waals surface area (Å²) in [6.07, 6.45) is 0. The second-order valence-corrected chi connectivity index (χ2v) is 8.71. The number of rotatable bonds is 9. The normalized spacial score (nSPS) is 17.4. The minimum absolute atomic E-state index is 0.155. The fourth-order valence-electron chi connectivity index (χ4n) is 3.90. The highest BCUT2D eigenvalue weighted by atomic mass is 32.1. The summed E-state index contributed by atoms with van der Waals surface area (Å²) >= 11 is 1.80. The third kappa shape index (κ3) is 6.43. The molecule has 2 atom stereocenters. The van der Waals surface area contributed by atoms with Crippen molar-refractivity contribution in [3.63, 3.8) is 0 Å². The standard InChI is InChI=1S/C23H35N5O2S/c1-24-23(25-16-19(27(2)3)18-8-5-6-9-21(18)29-4)26-17-20(22-10-7-15-31-22)28-11-13-30-14-12-28/h5-10,15,19-20H,11-14,16-17H2,1-4H3,(H2,24,25,26). The van der Waals surface area contributed by atoms with Crippen molar-refractivity contribution in [2.75, 3.05) is 67.6 Å². The van der Waals surface area contributed by atoms with Crippen LogP contribution in [0.3, 0.4) is 0 Å². The van der Waals surface area contributed by atoms with Gasteiger partial charge in [0.25, 0.3) is 0 Å². The topological polar surface area (TPSA) is 61.4 Å². The molecule has 31 heavy (non-hydrogen) atoms. The summed E-state index contributed by atoms with van der Waals surface area (Å²) in [6, 6.07) is 13.0. The van der Waals surface area contributed by atoms with Crippen LogP contribution >= 0.6 is 11.3 Å². The quantitative estimate of drug-likeness (QED) is 0.457. The molecule has 0 aliphatic carbocycles. The Balaban J connectivity index is 1.63. The molecule has 0 spiro atoms. The molecule has 2 N–H and O–H groups in total. The molecule has 1 saturated heterocycles. The lowest BCUT2D eigenvalue weighted by Crippen LogP contribution is -2.47. The number of thiophene rings is 1. The number of guanidine groups is 1. The molecule has 170 valence electrons. The van der Waals surface area contributed by atoms with Crippen molar-refractivity contribution >= 4 is 17.3 Å². The second-order valence-electron chi connectivity index (χ2n) is 7.73. The number of methoxy groups -OCH3 is 1. The average Bonchev–Trinajstić information content (AvgIpc) is 3.33. The molecule has 1 aliphatic heterocycles. The second kappa shape index (κ2) is 12.0. The van der Waals surface area contributed by atoms with Gasteiger partial charge in [0.15, 0.2) is 5.96 Å². The lowest BCUT2D eigenvalue weighted by molar-refractivity contribution is 0.0177. The smallest absolute Gasteiger partial charge is 0.191 e. The van der Waals surface area contributed by atoms with Gasteiger partial charge in [0.05, 0.1) is 32.4 Å². The SMILES string of the molecule is CN=C(NCC(c1ccccc1OC)N(C)C)NCC(c1cccs1)N1CCOCC1. The Bertz CT molecular complexity index is 806. The molecule has 1 aliphatic rings. The monoisotopic (exact) mass is 445 g/mol. The summed E-state index contributed by atoms with van der Waals surface area (Å²) in [5, 5.41) is 9.19. The Kier molecular flexibility index (Phi) is 9.14. The lowest BCUT2D eigenvalue weighted by atomic mass is 10.0. The fraction of sp³-hybridized carbons (Fsp3) is 0.522. The number of morpholine rings is 1. The molecule has 2 heterocycles. The van der Waals surface area contributed by atoms with E-state index in [-0.39, 0.29) is 6.04 Å². The molecule has 1 fully saturated rings. The van der Waals surface area contributed by atoms with E-state index in [1.807, 2.05) is 19.2 Å². The number of hydrogen-bond acceptors (Lipinski definition) is 6. The summed E-state index contributed by atoms with van der Waals surface area (Å²) in [7, 11) is 7.70. The molecule has 2 unspecified atom stereocenters. The third-order valence-corrected chi connectivity index (χ3v) is 6.60. The Morgan fingerprint density at radius 3 is 2.55 bits per heavy atom. The van der Waals surface area contributed by atoms with Crippen molar-refractivity contribution in [2.45, 2.75) is 12.1 Å². The van der Waals surface area contributed by atoms with Crippen LogP contribution < -0.4 is 15.4 Å². The average molecular weight is 446 g/mol. The van der Waals surface area contributed by atoms with E-state index in [0.29, 0.717) is 12.6 Å². The molecule has 2 aromatic rings. The van der Waals surface area contributed by atoms with Crippen molar-refractivity contribution in [3.8, 4) is 5.75 Å². The third-order valence-electron chi connectivity index (χ3n) is 5.63. The van der Waals surface area contributed by atoms with E-state index >= 15 is 0 Å².